The third-order valence-corrected chi connectivity index (χ3v) is 5.14. The highest BCUT2D eigenvalue weighted by atomic mass is 16.3. The predicted molar refractivity (Wildman–Crippen MR) is 121 cm³/mol. The van der Waals surface area contributed by atoms with E-state index < -0.39 is 6.04 Å². The summed E-state index contributed by atoms with van der Waals surface area (Å²) in [6.45, 7) is 2.02. The van der Waals surface area contributed by atoms with Crippen LogP contribution in [0.15, 0.2) is 89.9 Å². The number of rotatable bonds is 7. The zero-order valence-corrected chi connectivity index (χ0v) is 17.9. The molecule has 2 heterocycles. The minimum Gasteiger partial charge on any atom is -0.472 e. The van der Waals surface area contributed by atoms with Crippen LogP contribution >= 0.6 is 0 Å². The maximum absolute atomic E-state index is 12.9. The molecule has 1 N–H and O–H groups in total. The van der Waals surface area contributed by atoms with Crippen molar-refractivity contribution in [3.05, 3.63) is 96.6 Å². The van der Waals surface area contributed by atoms with Crippen LogP contribution < -0.4 is 5.32 Å². The van der Waals surface area contributed by atoms with Crippen LogP contribution in [0.3, 0.4) is 0 Å². The Balaban J connectivity index is 1.55. The van der Waals surface area contributed by atoms with E-state index in [1.54, 1.807) is 24.9 Å². The molecule has 2 aromatic carbocycles. The fraction of sp³-hybridized carbons (Fsp3) is 0.160. The quantitative estimate of drug-likeness (QED) is 0.484. The lowest BCUT2D eigenvalue weighted by atomic mass is 10.1. The molecule has 2 aromatic heterocycles. The predicted octanol–water partition coefficient (Wildman–Crippen LogP) is 3.91. The standard InChI is InChI=1S/C25H24N4O3/c1-18(26-24(30)20-13-14-32-17-20)25(31)28(2)15-21-16-29(22-11-7-4-8-12-22)27-23(21)19-9-5-3-6-10-19/h3-14,16-18H,15H2,1-2H3,(H,26,30). The third-order valence-electron chi connectivity index (χ3n) is 5.14. The topological polar surface area (TPSA) is 80.4 Å². The lowest BCUT2D eigenvalue weighted by Gasteiger charge is -2.22. The first-order valence-electron chi connectivity index (χ1n) is 10.3. The summed E-state index contributed by atoms with van der Waals surface area (Å²) in [5.41, 5.74) is 4.00. The van der Waals surface area contributed by atoms with Gasteiger partial charge in [0.15, 0.2) is 0 Å². The second-order valence-electron chi connectivity index (χ2n) is 7.55. The molecule has 32 heavy (non-hydrogen) atoms. The van der Waals surface area contributed by atoms with Gasteiger partial charge in [0.2, 0.25) is 5.91 Å². The molecule has 0 saturated carbocycles. The number of nitrogens with zero attached hydrogens (tertiary/aromatic N) is 3. The van der Waals surface area contributed by atoms with Crippen molar-refractivity contribution in [2.24, 2.45) is 0 Å². The number of para-hydroxylation sites is 1. The van der Waals surface area contributed by atoms with E-state index in [1.165, 1.54) is 12.5 Å². The SMILES string of the molecule is CC(NC(=O)c1ccoc1)C(=O)N(C)Cc1cn(-c2ccccc2)nc1-c1ccccc1. The zero-order chi connectivity index (χ0) is 22.5. The lowest BCUT2D eigenvalue weighted by molar-refractivity contribution is -0.132. The summed E-state index contributed by atoms with van der Waals surface area (Å²) in [5, 5.41) is 7.50. The maximum Gasteiger partial charge on any atom is 0.255 e. The first-order valence-corrected chi connectivity index (χ1v) is 10.3. The van der Waals surface area contributed by atoms with Crippen LogP contribution in [0.2, 0.25) is 0 Å². The summed E-state index contributed by atoms with van der Waals surface area (Å²) in [6.07, 6.45) is 4.71. The molecule has 2 amide bonds. The van der Waals surface area contributed by atoms with E-state index in [1.807, 2.05) is 71.5 Å². The van der Waals surface area contributed by atoms with E-state index >= 15 is 0 Å². The van der Waals surface area contributed by atoms with Crippen LogP contribution in [0.4, 0.5) is 0 Å². The summed E-state index contributed by atoms with van der Waals surface area (Å²) < 4.78 is 6.75. The van der Waals surface area contributed by atoms with Gasteiger partial charge in [-0.25, -0.2) is 4.68 Å². The van der Waals surface area contributed by atoms with Gasteiger partial charge in [-0.05, 0) is 25.1 Å². The Hall–Kier alpha value is -4.13. The van der Waals surface area contributed by atoms with E-state index in [0.29, 0.717) is 12.1 Å². The highest BCUT2D eigenvalue weighted by molar-refractivity contribution is 5.97. The second kappa shape index (κ2) is 9.34. The molecule has 0 aliphatic heterocycles. The first-order chi connectivity index (χ1) is 15.5. The fourth-order valence-electron chi connectivity index (χ4n) is 3.48. The van der Waals surface area contributed by atoms with Crippen LogP contribution in [0.5, 0.6) is 0 Å². The Morgan fingerprint density at radius 1 is 1.06 bits per heavy atom. The van der Waals surface area contributed by atoms with Crippen LogP contribution in [-0.2, 0) is 11.3 Å². The van der Waals surface area contributed by atoms with Crippen LogP contribution in [0.25, 0.3) is 16.9 Å². The van der Waals surface area contributed by atoms with Crippen molar-refractivity contribution in [2.75, 3.05) is 7.05 Å². The highest BCUT2D eigenvalue weighted by Gasteiger charge is 2.22. The first kappa shape index (κ1) is 21.1. The van der Waals surface area contributed by atoms with Crippen molar-refractivity contribution in [2.45, 2.75) is 19.5 Å². The van der Waals surface area contributed by atoms with Crippen LogP contribution in [-0.4, -0.2) is 39.6 Å². The fourth-order valence-corrected chi connectivity index (χ4v) is 3.48. The van der Waals surface area contributed by atoms with Crippen LogP contribution in [0, 0.1) is 0 Å². The molecule has 0 saturated heterocycles. The van der Waals surface area contributed by atoms with Gasteiger partial charge in [-0.15, -0.1) is 0 Å². The smallest absolute Gasteiger partial charge is 0.255 e. The molecule has 1 unspecified atom stereocenters. The number of carbonyl (C=O) groups excluding carboxylic acids is 2. The van der Waals surface area contributed by atoms with Gasteiger partial charge in [-0.1, -0.05) is 48.5 Å². The molecule has 0 aliphatic rings. The van der Waals surface area contributed by atoms with Gasteiger partial charge in [0.25, 0.3) is 5.91 Å². The number of likely N-dealkylation sites (N-methyl/N-ethyl adjacent to an activating group) is 1. The number of benzene rings is 2. The molecule has 1 atom stereocenters. The third kappa shape index (κ3) is 4.62. The van der Waals surface area contributed by atoms with Crippen LogP contribution in [0.1, 0.15) is 22.8 Å². The average molecular weight is 428 g/mol. The Morgan fingerprint density at radius 2 is 1.75 bits per heavy atom. The summed E-state index contributed by atoms with van der Waals surface area (Å²) in [5.74, 6) is -0.553. The lowest BCUT2D eigenvalue weighted by Crippen LogP contribution is -2.45. The molecule has 0 bridgehead atoms. The van der Waals surface area contributed by atoms with E-state index in [9.17, 15) is 9.59 Å². The molecule has 0 fully saturated rings. The molecule has 0 radical (unpaired) electrons. The maximum atomic E-state index is 12.9. The number of carbonyl (C=O) groups is 2. The number of aromatic nitrogens is 2. The van der Waals surface area contributed by atoms with Gasteiger partial charge in [-0.3, -0.25) is 9.59 Å². The number of nitrogens with one attached hydrogen (secondary N) is 1. The van der Waals surface area contributed by atoms with Gasteiger partial charge in [0.1, 0.15) is 12.3 Å². The van der Waals surface area contributed by atoms with Gasteiger partial charge < -0.3 is 14.6 Å². The number of hydrogen-bond donors (Lipinski definition) is 1. The molecule has 0 aliphatic carbocycles. The molecular formula is C25H24N4O3. The summed E-state index contributed by atoms with van der Waals surface area (Å²) in [7, 11) is 1.72. The van der Waals surface area contributed by atoms with Crippen molar-refractivity contribution in [1.29, 1.82) is 0 Å². The molecule has 4 rings (SSSR count). The summed E-state index contributed by atoms with van der Waals surface area (Å²) >= 11 is 0. The van der Waals surface area contributed by atoms with E-state index in [4.69, 9.17) is 9.52 Å². The Kier molecular flexibility index (Phi) is 6.17. The summed E-state index contributed by atoms with van der Waals surface area (Å²) in [6, 6.07) is 20.6. The minimum atomic E-state index is -0.688. The molecule has 7 heteroatoms. The van der Waals surface area contributed by atoms with Gasteiger partial charge in [0.05, 0.1) is 23.2 Å². The number of amides is 2. The van der Waals surface area contributed by atoms with Crippen molar-refractivity contribution < 1.29 is 14.0 Å². The molecule has 4 aromatic rings. The van der Waals surface area contributed by atoms with Crippen molar-refractivity contribution in [1.82, 2.24) is 20.0 Å². The minimum absolute atomic E-state index is 0.201. The highest BCUT2D eigenvalue weighted by Crippen LogP contribution is 2.24. The summed E-state index contributed by atoms with van der Waals surface area (Å²) in [4.78, 5) is 26.8. The van der Waals surface area contributed by atoms with Crippen molar-refractivity contribution in [3.8, 4) is 16.9 Å². The Labute approximate surface area is 186 Å². The molecule has 162 valence electrons. The monoisotopic (exact) mass is 428 g/mol. The van der Waals surface area contributed by atoms with E-state index in [0.717, 1.165) is 22.5 Å². The molecule has 0 spiro atoms. The van der Waals surface area contributed by atoms with Gasteiger partial charge in [-0.2, -0.15) is 5.10 Å². The largest absolute Gasteiger partial charge is 0.472 e. The zero-order valence-electron chi connectivity index (χ0n) is 17.9. The van der Waals surface area contributed by atoms with Crippen molar-refractivity contribution in [3.63, 3.8) is 0 Å². The average Bonchev–Trinajstić information content (AvgIpc) is 3.50. The normalized spacial score (nSPS) is 11.7. The van der Waals surface area contributed by atoms with Gasteiger partial charge >= 0.3 is 0 Å². The van der Waals surface area contributed by atoms with Gasteiger partial charge in [0, 0.05) is 30.9 Å². The van der Waals surface area contributed by atoms with E-state index in [-0.39, 0.29) is 11.8 Å². The van der Waals surface area contributed by atoms with Crippen molar-refractivity contribution >= 4 is 11.8 Å². The Bertz CT molecular complexity index is 1180. The molecule has 7 nitrogen and oxygen atoms in total. The number of hydrogen-bond acceptors (Lipinski definition) is 4. The second-order valence-corrected chi connectivity index (χ2v) is 7.55. The molecular weight excluding hydrogens is 404 g/mol. The Morgan fingerprint density at radius 3 is 2.41 bits per heavy atom. The number of furan rings is 1. The van der Waals surface area contributed by atoms with E-state index in [2.05, 4.69) is 5.32 Å².